The Labute approximate surface area is 91.3 Å². The molecule has 0 amide bonds. The van der Waals surface area contributed by atoms with Crippen LogP contribution >= 0.6 is 0 Å². The molecular weight excluding hydrogens is 180 g/mol. The number of rotatable bonds is 2. The fourth-order valence-corrected chi connectivity index (χ4v) is 1.18. The Morgan fingerprint density at radius 2 is 1.80 bits per heavy atom. The second kappa shape index (κ2) is 5.74. The van der Waals surface area contributed by atoms with Gasteiger partial charge in [-0.2, -0.15) is 0 Å². The zero-order chi connectivity index (χ0) is 11.1. The smallest absolute Gasteiger partial charge is 0.00360 e. The van der Waals surface area contributed by atoms with E-state index in [1.54, 1.807) is 0 Å². The van der Waals surface area contributed by atoms with Gasteiger partial charge in [0, 0.05) is 0 Å². The molecule has 0 N–H and O–H groups in total. The molecule has 0 fully saturated rings. The zero-order valence-corrected chi connectivity index (χ0v) is 9.17. The quantitative estimate of drug-likeness (QED) is 0.622. The fraction of sp³-hybridized carbons (Fsp3) is 0.200. The monoisotopic (exact) mass is 194 g/mol. The Bertz CT molecular complexity index is 463. The molecule has 0 heterocycles. The van der Waals surface area contributed by atoms with Crippen molar-refractivity contribution >= 4 is 6.08 Å². The van der Waals surface area contributed by atoms with Crippen LogP contribution in [0.3, 0.4) is 0 Å². The van der Waals surface area contributed by atoms with Gasteiger partial charge in [0.05, 0.1) is 0 Å². The van der Waals surface area contributed by atoms with Gasteiger partial charge < -0.3 is 0 Å². The molecule has 1 rings (SSSR count). The summed E-state index contributed by atoms with van der Waals surface area (Å²) in [6, 6.07) is 8.40. The molecule has 0 saturated carbocycles. The summed E-state index contributed by atoms with van der Waals surface area (Å²) >= 11 is 0. The summed E-state index contributed by atoms with van der Waals surface area (Å²) in [4.78, 5) is 0. The van der Waals surface area contributed by atoms with E-state index in [2.05, 4.69) is 67.6 Å². The Kier molecular flexibility index (Phi) is 4.27. The van der Waals surface area contributed by atoms with Gasteiger partial charge >= 0.3 is 0 Å². The maximum absolute atomic E-state index is 3.38. The average molecular weight is 194 g/mol. The molecule has 15 heavy (non-hydrogen) atoms. The first-order valence-electron chi connectivity index (χ1n) is 4.95. The molecule has 0 atom stereocenters. The van der Waals surface area contributed by atoms with Gasteiger partial charge in [0.15, 0.2) is 0 Å². The molecule has 0 bridgehead atoms. The van der Waals surface area contributed by atoms with Crippen LogP contribution in [0, 0.1) is 0 Å². The molecular formula is C15H14. The highest BCUT2D eigenvalue weighted by atomic mass is 14.0. The molecule has 0 aliphatic heterocycles. The number of benzene rings is 1. The van der Waals surface area contributed by atoms with Crippen LogP contribution in [0.2, 0.25) is 0 Å². The summed E-state index contributed by atoms with van der Waals surface area (Å²) in [5.74, 6) is 0.571. The van der Waals surface area contributed by atoms with Crippen LogP contribution in [0.4, 0.5) is 0 Å². The third-order valence-electron chi connectivity index (χ3n) is 2.07. The molecule has 1 aromatic rings. The van der Waals surface area contributed by atoms with E-state index in [1.807, 2.05) is 6.08 Å². The topological polar surface area (TPSA) is 0 Å². The predicted molar refractivity (Wildman–Crippen MR) is 64.7 cm³/mol. The van der Waals surface area contributed by atoms with E-state index in [1.165, 1.54) is 5.56 Å². The summed E-state index contributed by atoms with van der Waals surface area (Å²) < 4.78 is 0. The first kappa shape index (κ1) is 11.2. The van der Waals surface area contributed by atoms with Gasteiger partial charge in [-0.05, 0) is 41.2 Å². The fourth-order valence-electron chi connectivity index (χ4n) is 1.18. The standard InChI is InChI=1S/C15H14/c1-4-5-6-7-8-14-9-11-15(12-10-14)13(2)3/h8-13H,1H2,2-3H3. The summed E-state index contributed by atoms with van der Waals surface area (Å²) in [6.07, 6.45) is 1.86. The Morgan fingerprint density at radius 1 is 1.13 bits per heavy atom. The van der Waals surface area contributed by atoms with E-state index in [0.717, 1.165) is 5.56 Å². The lowest BCUT2D eigenvalue weighted by molar-refractivity contribution is 0.866. The van der Waals surface area contributed by atoms with Gasteiger partial charge in [-0.3, -0.25) is 0 Å². The summed E-state index contributed by atoms with van der Waals surface area (Å²) in [7, 11) is 0. The largest absolute Gasteiger partial charge is 0.0687 e. The van der Waals surface area contributed by atoms with Crippen molar-refractivity contribution in [3.05, 3.63) is 64.9 Å². The minimum absolute atomic E-state index is 0.571. The molecule has 0 unspecified atom stereocenters. The highest BCUT2D eigenvalue weighted by Crippen LogP contribution is 2.14. The van der Waals surface area contributed by atoms with Crippen molar-refractivity contribution in [2.24, 2.45) is 0 Å². The van der Waals surface area contributed by atoms with Crippen LogP contribution in [0.15, 0.2) is 53.8 Å². The Morgan fingerprint density at radius 3 is 2.33 bits per heavy atom. The number of hydrogen-bond acceptors (Lipinski definition) is 0. The summed E-state index contributed by atoms with van der Waals surface area (Å²) in [5, 5.41) is 0. The van der Waals surface area contributed by atoms with Crippen molar-refractivity contribution in [1.82, 2.24) is 0 Å². The molecule has 0 aliphatic carbocycles. The molecule has 0 aliphatic rings. The molecule has 0 spiro atoms. The van der Waals surface area contributed by atoms with Crippen molar-refractivity contribution in [2.45, 2.75) is 19.8 Å². The molecule has 0 saturated heterocycles. The first-order chi connectivity index (χ1) is 7.24. The SMILES string of the molecule is C=C=C=C=C=Cc1ccc(C(C)C)cc1. The van der Waals surface area contributed by atoms with E-state index in [0.29, 0.717) is 5.92 Å². The lowest BCUT2D eigenvalue weighted by atomic mass is 10.0. The Balaban J connectivity index is 2.95. The maximum atomic E-state index is 3.38. The van der Waals surface area contributed by atoms with Gasteiger partial charge in [-0.15, -0.1) is 0 Å². The highest BCUT2D eigenvalue weighted by molar-refractivity contribution is 5.49. The molecule has 0 radical (unpaired) electrons. The van der Waals surface area contributed by atoms with Gasteiger partial charge in [0.2, 0.25) is 0 Å². The van der Waals surface area contributed by atoms with Crippen molar-refractivity contribution < 1.29 is 0 Å². The minimum atomic E-state index is 0.571. The summed E-state index contributed by atoms with van der Waals surface area (Å²) in [5.41, 5.74) is 13.1. The molecule has 0 nitrogen and oxygen atoms in total. The normalized spacial score (nSPS) is 8.47. The van der Waals surface area contributed by atoms with Crippen molar-refractivity contribution in [2.75, 3.05) is 0 Å². The van der Waals surface area contributed by atoms with E-state index in [4.69, 9.17) is 0 Å². The van der Waals surface area contributed by atoms with Crippen LogP contribution in [-0.4, -0.2) is 0 Å². The van der Waals surface area contributed by atoms with E-state index >= 15 is 0 Å². The zero-order valence-electron chi connectivity index (χ0n) is 9.17. The van der Waals surface area contributed by atoms with Crippen LogP contribution < -0.4 is 0 Å². The van der Waals surface area contributed by atoms with Crippen molar-refractivity contribution in [3.8, 4) is 0 Å². The van der Waals surface area contributed by atoms with Crippen molar-refractivity contribution in [1.29, 1.82) is 0 Å². The third kappa shape index (κ3) is 3.75. The Hall–Kier alpha value is -1.92. The van der Waals surface area contributed by atoms with Crippen LogP contribution in [-0.2, 0) is 0 Å². The maximum Gasteiger partial charge on any atom is -0.00360 e. The van der Waals surface area contributed by atoms with E-state index < -0.39 is 0 Å². The molecule has 0 aromatic heterocycles. The molecule has 0 heteroatoms. The second-order valence-electron chi connectivity index (χ2n) is 3.54. The highest BCUT2D eigenvalue weighted by Gasteiger charge is 1.96. The van der Waals surface area contributed by atoms with E-state index in [9.17, 15) is 0 Å². The predicted octanol–water partition coefficient (Wildman–Crippen LogP) is 4.07. The third-order valence-corrected chi connectivity index (χ3v) is 2.07. The lowest BCUT2D eigenvalue weighted by Crippen LogP contribution is -1.85. The minimum Gasteiger partial charge on any atom is -0.0687 e. The van der Waals surface area contributed by atoms with Crippen LogP contribution in [0.25, 0.3) is 6.08 Å². The average Bonchev–Trinajstić information content (AvgIpc) is 2.25. The second-order valence-corrected chi connectivity index (χ2v) is 3.54. The van der Waals surface area contributed by atoms with Crippen LogP contribution in [0.5, 0.6) is 0 Å². The first-order valence-corrected chi connectivity index (χ1v) is 4.95. The summed E-state index contributed by atoms with van der Waals surface area (Å²) in [6.45, 7) is 7.75. The van der Waals surface area contributed by atoms with Gasteiger partial charge in [-0.1, -0.05) is 49.6 Å². The van der Waals surface area contributed by atoms with E-state index in [-0.39, 0.29) is 0 Å². The molecule has 1 aromatic carbocycles. The van der Waals surface area contributed by atoms with Crippen LogP contribution in [0.1, 0.15) is 30.9 Å². The van der Waals surface area contributed by atoms with Crippen molar-refractivity contribution in [3.63, 3.8) is 0 Å². The lowest BCUT2D eigenvalue weighted by Gasteiger charge is -2.03. The van der Waals surface area contributed by atoms with Gasteiger partial charge in [0.1, 0.15) is 0 Å². The number of hydrogen-bond donors (Lipinski definition) is 0. The van der Waals surface area contributed by atoms with Gasteiger partial charge in [0.25, 0.3) is 0 Å². The molecule has 74 valence electrons. The van der Waals surface area contributed by atoms with Gasteiger partial charge in [-0.25, -0.2) is 0 Å².